The van der Waals surface area contributed by atoms with Crippen LogP contribution >= 0.6 is 15.9 Å². The van der Waals surface area contributed by atoms with Gasteiger partial charge in [0.25, 0.3) is 0 Å². The molecule has 0 aliphatic rings. The van der Waals surface area contributed by atoms with Crippen molar-refractivity contribution in [3.63, 3.8) is 0 Å². The van der Waals surface area contributed by atoms with Crippen LogP contribution in [0.4, 0.5) is 14.5 Å². The molecule has 0 heterocycles. The predicted octanol–water partition coefficient (Wildman–Crippen LogP) is 3.89. The van der Waals surface area contributed by atoms with E-state index in [2.05, 4.69) is 15.9 Å². The molecule has 18 heavy (non-hydrogen) atoms. The summed E-state index contributed by atoms with van der Waals surface area (Å²) in [6.07, 6.45) is 0. The highest BCUT2D eigenvalue weighted by Gasteiger charge is 2.09. The van der Waals surface area contributed by atoms with Crippen molar-refractivity contribution in [1.82, 2.24) is 0 Å². The summed E-state index contributed by atoms with van der Waals surface area (Å²) in [5.74, 6) is -2.02. The fraction of sp³-hybridized carbons (Fsp3) is 0.0769. The Kier molecular flexibility index (Phi) is 3.81. The zero-order valence-electron chi connectivity index (χ0n) is 9.29. The Labute approximate surface area is 112 Å². The van der Waals surface area contributed by atoms with E-state index in [0.29, 0.717) is 5.69 Å². The Hall–Kier alpha value is -1.62. The number of nitrogens with two attached hydrogens (primary N) is 1. The minimum atomic E-state index is -0.982. The largest absolute Gasteiger partial charge is 0.486 e. The Morgan fingerprint density at radius 3 is 2.67 bits per heavy atom. The van der Waals surface area contributed by atoms with E-state index in [0.717, 1.165) is 16.1 Å². The molecule has 0 fully saturated rings. The maximum atomic E-state index is 13.3. The molecule has 0 saturated carbocycles. The number of hydrogen-bond acceptors (Lipinski definition) is 2. The predicted molar refractivity (Wildman–Crippen MR) is 69.2 cm³/mol. The van der Waals surface area contributed by atoms with E-state index in [1.807, 2.05) is 0 Å². The number of benzene rings is 2. The minimum absolute atomic E-state index is 0.112. The summed E-state index contributed by atoms with van der Waals surface area (Å²) in [7, 11) is 0. The van der Waals surface area contributed by atoms with Crippen molar-refractivity contribution in [3.05, 3.63) is 58.1 Å². The van der Waals surface area contributed by atoms with Gasteiger partial charge in [0.1, 0.15) is 6.61 Å². The maximum Gasteiger partial charge on any atom is 0.200 e. The lowest BCUT2D eigenvalue weighted by Crippen LogP contribution is -2.00. The zero-order valence-corrected chi connectivity index (χ0v) is 10.9. The molecule has 0 bridgehead atoms. The number of nitrogen functional groups attached to an aromatic ring is 1. The molecule has 5 heteroatoms. The Balaban J connectivity index is 2.14. The highest BCUT2D eigenvalue weighted by Crippen LogP contribution is 2.24. The average Bonchev–Trinajstić information content (AvgIpc) is 2.33. The summed E-state index contributed by atoms with van der Waals surface area (Å²) in [4.78, 5) is 0. The third-order valence-corrected chi connectivity index (χ3v) is 3.11. The van der Waals surface area contributed by atoms with Gasteiger partial charge in [-0.05, 0) is 24.3 Å². The van der Waals surface area contributed by atoms with Gasteiger partial charge in [0.15, 0.2) is 11.6 Å². The monoisotopic (exact) mass is 313 g/mol. The fourth-order valence-electron chi connectivity index (χ4n) is 1.43. The number of anilines is 1. The fourth-order valence-corrected chi connectivity index (χ4v) is 1.94. The van der Waals surface area contributed by atoms with Gasteiger partial charge in [-0.2, -0.15) is 4.39 Å². The molecule has 0 unspecified atom stereocenters. The van der Waals surface area contributed by atoms with E-state index < -0.39 is 11.6 Å². The highest BCUT2D eigenvalue weighted by molar-refractivity contribution is 9.10. The summed E-state index contributed by atoms with van der Waals surface area (Å²) in [6, 6.07) is 9.01. The third kappa shape index (κ3) is 2.79. The SMILES string of the molecule is Nc1ccc(COc2cccc(F)c2F)c(Br)c1. The van der Waals surface area contributed by atoms with E-state index in [1.54, 1.807) is 18.2 Å². The number of hydrogen-bond donors (Lipinski definition) is 1. The topological polar surface area (TPSA) is 35.2 Å². The molecule has 2 nitrogen and oxygen atoms in total. The van der Waals surface area contributed by atoms with E-state index in [-0.39, 0.29) is 12.4 Å². The van der Waals surface area contributed by atoms with Gasteiger partial charge in [-0.15, -0.1) is 0 Å². The number of ether oxygens (including phenoxy) is 1. The first kappa shape index (κ1) is 12.8. The van der Waals surface area contributed by atoms with Crippen molar-refractivity contribution in [2.45, 2.75) is 6.61 Å². The van der Waals surface area contributed by atoms with E-state index >= 15 is 0 Å². The van der Waals surface area contributed by atoms with Gasteiger partial charge >= 0.3 is 0 Å². The molecule has 0 aliphatic carbocycles. The molecular formula is C13H10BrF2NO. The van der Waals surface area contributed by atoms with Crippen LogP contribution in [0.3, 0.4) is 0 Å². The summed E-state index contributed by atoms with van der Waals surface area (Å²) >= 11 is 3.33. The molecule has 94 valence electrons. The van der Waals surface area contributed by atoms with Crippen LogP contribution in [0.1, 0.15) is 5.56 Å². The van der Waals surface area contributed by atoms with Crippen LogP contribution in [0.15, 0.2) is 40.9 Å². The summed E-state index contributed by atoms with van der Waals surface area (Å²) in [5.41, 5.74) is 7.01. The smallest absolute Gasteiger partial charge is 0.200 e. The second-order valence-electron chi connectivity index (χ2n) is 3.69. The molecule has 0 aliphatic heterocycles. The molecule has 0 saturated heterocycles. The van der Waals surface area contributed by atoms with Crippen LogP contribution in [-0.4, -0.2) is 0 Å². The summed E-state index contributed by atoms with van der Waals surface area (Å²) in [6.45, 7) is 0.126. The number of halogens is 3. The molecule has 2 rings (SSSR count). The number of rotatable bonds is 3. The van der Waals surface area contributed by atoms with Crippen LogP contribution in [-0.2, 0) is 6.61 Å². The van der Waals surface area contributed by atoms with Crippen molar-refractivity contribution >= 4 is 21.6 Å². The molecule has 0 radical (unpaired) electrons. The Morgan fingerprint density at radius 2 is 1.94 bits per heavy atom. The molecule has 0 atom stereocenters. The molecular weight excluding hydrogens is 304 g/mol. The molecule has 2 aromatic carbocycles. The molecule has 0 spiro atoms. The molecule has 0 amide bonds. The van der Waals surface area contributed by atoms with Gasteiger partial charge in [0.2, 0.25) is 5.82 Å². The van der Waals surface area contributed by atoms with Crippen molar-refractivity contribution in [2.75, 3.05) is 5.73 Å². The Morgan fingerprint density at radius 1 is 1.17 bits per heavy atom. The summed E-state index contributed by atoms with van der Waals surface area (Å²) < 4.78 is 32.3. The molecule has 2 aromatic rings. The van der Waals surface area contributed by atoms with Crippen LogP contribution in [0, 0.1) is 11.6 Å². The Bertz CT molecular complexity index is 575. The van der Waals surface area contributed by atoms with Gasteiger partial charge in [0.05, 0.1) is 0 Å². The average molecular weight is 314 g/mol. The minimum Gasteiger partial charge on any atom is -0.486 e. The first-order chi connectivity index (χ1) is 8.58. The van der Waals surface area contributed by atoms with Crippen molar-refractivity contribution in [1.29, 1.82) is 0 Å². The standard InChI is InChI=1S/C13H10BrF2NO/c14-10-6-9(17)5-4-8(10)7-18-12-3-1-2-11(15)13(12)16/h1-6H,7,17H2. The van der Waals surface area contributed by atoms with Gasteiger partial charge < -0.3 is 10.5 Å². The molecule has 0 aromatic heterocycles. The lowest BCUT2D eigenvalue weighted by Gasteiger charge is -2.09. The van der Waals surface area contributed by atoms with Crippen molar-refractivity contribution in [3.8, 4) is 5.75 Å². The first-order valence-electron chi connectivity index (χ1n) is 5.18. The lowest BCUT2D eigenvalue weighted by atomic mass is 10.2. The van der Waals surface area contributed by atoms with Crippen LogP contribution < -0.4 is 10.5 Å². The highest BCUT2D eigenvalue weighted by atomic mass is 79.9. The quantitative estimate of drug-likeness (QED) is 0.873. The van der Waals surface area contributed by atoms with Crippen LogP contribution in [0.2, 0.25) is 0 Å². The third-order valence-electron chi connectivity index (χ3n) is 2.38. The van der Waals surface area contributed by atoms with Gasteiger partial charge in [-0.1, -0.05) is 28.1 Å². The second-order valence-corrected chi connectivity index (χ2v) is 4.55. The maximum absolute atomic E-state index is 13.3. The zero-order chi connectivity index (χ0) is 13.1. The van der Waals surface area contributed by atoms with Gasteiger partial charge in [-0.3, -0.25) is 0 Å². The van der Waals surface area contributed by atoms with E-state index in [1.165, 1.54) is 12.1 Å². The second kappa shape index (κ2) is 5.35. The molecule has 2 N–H and O–H groups in total. The van der Waals surface area contributed by atoms with E-state index in [4.69, 9.17) is 10.5 Å². The van der Waals surface area contributed by atoms with E-state index in [9.17, 15) is 8.78 Å². The van der Waals surface area contributed by atoms with Crippen LogP contribution in [0.5, 0.6) is 5.75 Å². The van der Waals surface area contributed by atoms with Crippen molar-refractivity contribution in [2.24, 2.45) is 0 Å². The van der Waals surface area contributed by atoms with Gasteiger partial charge in [-0.25, -0.2) is 4.39 Å². The van der Waals surface area contributed by atoms with Crippen LogP contribution in [0.25, 0.3) is 0 Å². The normalized spacial score (nSPS) is 10.4. The van der Waals surface area contributed by atoms with Gasteiger partial charge in [0, 0.05) is 15.7 Å². The first-order valence-corrected chi connectivity index (χ1v) is 5.98. The summed E-state index contributed by atoms with van der Waals surface area (Å²) in [5, 5.41) is 0. The van der Waals surface area contributed by atoms with Crippen molar-refractivity contribution < 1.29 is 13.5 Å². The lowest BCUT2D eigenvalue weighted by molar-refractivity contribution is 0.284.